The fraction of sp³-hybridized carbons (Fsp3) is 0.208. The standard InChI is InChI=1S/C24H23NO4S/c1-18-14-16-21(17-15-18)30(27,28)25-23(2,19-10-6-4-7-11-19)24(25,22(26)29-3)20-12-8-5-9-13-20/h4-17H,1-3H3/t23-,24+,25?/m0/s1. The molecule has 4 rings (SSSR count). The number of ether oxygens (including phenoxy) is 1. The molecule has 0 radical (unpaired) electrons. The number of rotatable bonds is 5. The number of methoxy groups -OCH3 is 1. The van der Waals surface area contributed by atoms with Gasteiger partial charge in [-0.05, 0) is 37.1 Å². The van der Waals surface area contributed by atoms with Crippen molar-refractivity contribution in [2.75, 3.05) is 7.11 Å². The van der Waals surface area contributed by atoms with Gasteiger partial charge in [-0.25, -0.2) is 13.2 Å². The van der Waals surface area contributed by atoms with E-state index in [2.05, 4.69) is 0 Å². The summed E-state index contributed by atoms with van der Waals surface area (Å²) in [5, 5.41) is 0. The zero-order valence-electron chi connectivity index (χ0n) is 17.1. The average molecular weight is 422 g/mol. The van der Waals surface area contributed by atoms with E-state index in [1.165, 1.54) is 11.4 Å². The Morgan fingerprint density at radius 2 is 1.33 bits per heavy atom. The summed E-state index contributed by atoms with van der Waals surface area (Å²) >= 11 is 0. The van der Waals surface area contributed by atoms with Crippen molar-refractivity contribution >= 4 is 16.0 Å². The Bertz CT molecular complexity index is 1180. The molecule has 6 heteroatoms. The molecule has 0 amide bonds. The van der Waals surface area contributed by atoms with E-state index in [4.69, 9.17) is 4.74 Å². The Kier molecular flexibility index (Phi) is 4.79. The normalized spacial score (nSPS) is 25.5. The van der Waals surface area contributed by atoms with Crippen LogP contribution < -0.4 is 0 Å². The van der Waals surface area contributed by atoms with Crippen LogP contribution in [-0.4, -0.2) is 25.8 Å². The van der Waals surface area contributed by atoms with Gasteiger partial charge in [-0.1, -0.05) is 78.4 Å². The molecule has 1 aliphatic heterocycles. The minimum absolute atomic E-state index is 0.136. The Labute approximate surface area is 177 Å². The molecular weight excluding hydrogens is 398 g/mol. The van der Waals surface area contributed by atoms with Crippen LogP contribution in [0.15, 0.2) is 89.8 Å². The third kappa shape index (κ3) is 2.64. The van der Waals surface area contributed by atoms with Gasteiger partial charge in [-0.2, -0.15) is 4.31 Å². The van der Waals surface area contributed by atoms with Gasteiger partial charge in [-0.15, -0.1) is 0 Å². The third-order valence-electron chi connectivity index (χ3n) is 5.93. The molecule has 1 aliphatic rings. The maximum atomic E-state index is 13.8. The predicted molar refractivity (Wildman–Crippen MR) is 114 cm³/mol. The van der Waals surface area contributed by atoms with Crippen molar-refractivity contribution in [2.24, 2.45) is 0 Å². The number of carbonyl (C=O) groups excluding carboxylic acids is 1. The zero-order chi connectivity index (χ0) is 21.6. The first-order valence-corrected chi connectivity index (χ1v) is 11.1. The van der Waals surface area contributed by atoms with E-state index in [1.54, 1.807) is 55.5 Å². The number of carbonyl (C=O) groups is 1. The summed E-state index contributed by atoms with van der Waals surface area (Å²) < 4.78 is 34.1. The second-order valence-electron chi connectivity index (χ2n) is 7.59. The van der Waals surface area contributed by atoms with Gasteiger partial charge in [0.2, 0.25) is 10.0 Å². The maximum absolute atomic E-state index is 13.8. The lowest BCUT2D eigenvalue weighted by Gasteiger charge is -2.18. The molecule has 0 N–H and O–H groups in total. The van der Waals surface area contributed by atoms with Crippen LogP contribution in [0, 0.1) is 6.92 Å². The first-order chi connectivity index (χ1) is 14.3. The molecule has 3 aromatic carbocycles. The first kappa shape index (κ1) is 20.3. The van der Waals surface area contributed by atoms with Crippen LogP contribution in [0.2, 0.25) is 0 Å². The van der Waals surface area contributed by atoms with E-state index in [9.17, 15) is 13.2 Å². The molecule has 0 aliphatic carbocycles. The highest BCUT2D eigenvalue weighted by atomic mass is 32.2. The lowest BCUT2D eigenvalue weighted by Crippen LogP contribution is -2.32. The van der Waals surface area contributed by atoms with Crippen molar-refractivity contribution in [3.63, 3.8) is 0 Å². The molecule has 1 unspecified atom stereocenters. The van der Waals surface area contributed by atoms with Gasteiger partial charge in [0, 0.05) is 0 Å². The predicted octanol–water partition coefficient (Wildman–Crippen LogP) is 3.98. The number of esters is 1. The van der Waals surface area contributed by atoms with Crippen LogP contribution in [-0.2, 0) is 30.6 Å². The highest BCUT2D eigenvalue weighted by molar-refractivity contribution is 7.89. The number of benzene rings is 3. The second-order valence-corrected chi connectivity index (χ2v) is 9.38. The highest BCUT2D eigenvalue weighted by Gasteiger charge is 2.83. The van der Waals surface area contributed by atoms with E-state index < -0.39 is 27.1 Å². The molecule has 30 heavy (non-hydrogen) atoms. The lowest BCUT2D eigenvalue weighted by atomic mass is 9.83. The SMILES string of the molecule is COC(=O)[C@@]1(c2ccccc2)N(S(=O)(=O)c2ccc(C)cc2)[C@@]1(C)c1ccccc1. The molecule has 0 saturated carbocycles. The van der Waals surface area contributed by atoms with Gasteiger partial charge in [-0.3, -0.25) is 0 Å². The van der Waals surface area contributed by atoms with E-state index >= 15 is 0 Å². The number of hydrogen-bond acceptors (Lipinski definition) is 4. The fourth-order valence-electron chi connectivity index (χ4n) is 4.39. The molecule has 3 atom stereocenters. The van der Waals surface area contributed by atoms with Crippen LogP contribution in [0.1, 0.15) is 23.6 Å². The van der Waals surface area contributed by atoms with Gasteiger partial charge in [0.05, 0.1) is 17.5 Å². The smallest absolute Gasteiger partial charge is 0.334 e. The minimum atomic E-state index is -4.02. The van der Waals surface area contributed by atoms with Crippen molar-refractivity contribution in [1.29, 1.82) is 0 Å². The molecular formula is C24H23NO4S. The topological polar surface area (TPSA) is 63.5 Å². The minimum Gasteiger partial charge on any atom is -0.467 e. The highest BCUT2D eigenvalue weighted by Crippen LogP contribution is 2.67. The van der Waals surface area contributed by atoms with E-state index in [1.807, 2.05) is 43.3 Å². The maximum Gasteiger partial charge on any atom is 0.334 e. The molecule has 154 valence electrons. The molecule has 1 fully saturated rings. The Hall–Kier alpha value is -2.96. The molecule has 5 nitrogen and oxygen atoms in total. The van der Waals surface area contributed by atoms with Crippen molar-refractivity contribution in [2.45, 2.75) is 29.8 Å². The van der Waals surface area contributed by atoms with Crippen LogP contribution >= 0.6 is 0 Å². The van der Waals surface area contributed by atoms with Gasteiger partial charge in [0.1, 0.15) is 0 Å². The third-order valence-corrected chi connectivity index (χ3v) is 7.92. The van der Waals surface area contributed by atoms with Crippen molar-refractivity contribution in [3.05, 3.63) is 102 Å². The molecule has 1 saturated heterocycles. The number of aryl methyl sites for hydroxylation is 1. The number of sulfonamides is 1. The summed E-state index contributed by atoms with van der Waals surface area (Å²) in [6.07, 6.45) is 0. The molecule has 1 heterocycles. The van der Waals surface area contributed by atoms with Crippen LogP contribution in [0.4, 0.5) is 0 Å². The number of hydrogen-bond donors (Lipinski definition) is 0. The average Bonchev–Trinajstić information content (AvgIpc) is 3.38. The summed E-state index contributed by atoms with van der Waals surface area (Å²) in [6, 6.07) is 24.8. The summed E-state index contributed by atoms with van der Waals surface area (Å²) in [4.78, 5) is 13.4. The zero-order valence-corrected chi connectivity index (χ0v) is 17.9. The summed E-state index contributed by atoms with van der Waals surface area (Å²) in [5.74, 6) is -0.615. The van der Waals surface area contributed by atoms with E-state index in [0.717, 1.165) is 11.1 Å². The largest absolute Gasteiger partial charge is 0.467 e. The van der Waals surface area contributed by atoms with Crippen LogP contribution in [0.25, 0.3) is 0 Å². The van der Waals surface area contributed by atoms with Gasteiger partial charge in [0.15, 0.2) is 5.54 Å². The summed E-state index contributed by atoms with van der Waals surface area (Å²) in [6.45, 7) is 3.67. The molecule has 3 aromatic rings. The fourth-order valence-corrected chi connectivity index (χ4v) is 6.48. The van der Waals surface area contributed by atoms with E-state index in [0.29, 0.717) is 5.56 Å². The number of nitrogens with zero attached hydrogens (tertiary/aromatic N) is 1. The van der Waals surface area contributed by atoms with Crippen LogP contribution in [0.3, 0.4) is 0 Å². The van der Waals surface area contributed by atoms with Crippen LogP contribution in [0.5, 0.6) is 0 Å². The summed E-state index contributed by atoms with van der Waals surface area (Å²) in [7, 11) is -2.73. The van der Waals surface area contributed by atoms with Gasteiger partial charge >= 0.3 is 5.97 Å². The quantitative estimate of drug-likeness (QED) is 0.462. The second kappa shape index (κ2) is 7.07. The first-order valence-electron chi connectivity index (χ1n) is 9.63. The Morgan fingerprint density at radius 1 is 0.833 bits per heavy atom. The van der Waals surface area contributed by atoms with E-state index in [-0.39, 0.29) is 4.90 Å². The molecule has 0 spiro atoms. The lowest BCUT2D eigenvalue weighted by molar-refractivity contribution is -0.145. The van der Waals surface area contributed by atoms with Gasteiger partial charge in [0.25, 0.3) is 0 Å². The molecule has 0 aromatic heterocycles. The Morgan fingerprint density at radius 3 is 1.83 bits per heavy atom. The monoisotopic (exact) mass is 421 g/mol. The van der Waals surface area contributed by atoms with Crippen molar-refractivity contribution < 1.29 is 17.9 Å². The van der Waals surface area contributed by atoms with Crippen molar-refractivity contribution in [3.8, 4) is 0 Å². The summed E-state index contributed by atoms with van der Waals surface area (Å²) in [5.41, 5.74) is -0.415. The van der Waals surface area contributed by atoms with Crippen molar-refractivity contribution in [1.82, 2.24) is 4.31 Å². The van der Waals surface area contributed by atoms with Gasteiger partial charge < -0.3 is 4.74 Å². The molecule has 0 bridgehead atoms. The Balaban J connectivity index is 2.01.